The molecule has 20 heavy (non-hydrogen) atoms. The maximum atomic E-state index is 12.4. The van der Waals surface area contributed by atoms with E-state index in [1.54, 1.807) is 36.4 Å². The zero-order valence-electron chi connectivity index (χ0n) is 10.5. The SMILES string of the molecule is O=C1CN(c2ccccc2)C(=O)N1c1ccc(Cl)cc1. The summed E-state index contributed by atoms with van der Waals surface area (Å²) in [7, 11) is 0. The Kier molecular flexibility index (Phi) is 3.16. The highest BCUT2D eigenvalue weighted by atomic mass is 35.5. The maximum absolute atomic E-state index is 12.4. The molecule has 0 saturated carbocycles. The largest absolute Gasteiger partial charge is 0.336 e. The van der Waals surface area contributed by atoms with E-state index in [0.29, 0.717) is 16.4 Å². The topological polar surface area (TPSA) is 40.6 Å². The lowest BCUT2D eigenvalue weighted by Gasteiger charge is -2.17. The molecule has 0 unspecified atom stereocenters. The number of carbonyl (C=O) groups excluding carboxylic acids is 2. The molecule has 1 aliphatic rings. The minimum Gasteiger partial charge on any atom is -0.284 e. The molecule has 2 aromatic rings. The maximum Gasteiger partial charge on any atom is 0.336 e. The van der Waals surface area contributed by atoms with E-state index in [-0.39, 0.29) is 18.5 Å². The van der Waals surface area contributed by atoms with Crippen molar-refractivity contribution in [2.75, 3.05) is 16.3 Å². The fourth-order valence-electron chi connectivity index (χ4n) is 2.16. The van der Waals surface area contributed by atoms with Gasteiger partial charge in [0.05, 0.1) is 5.69 Å². The van der Waals surface area contributed by atoms with Gasteiger partial charge >= 0.3 is 6.03 Å². The number of urea groups is 1. The molecule has 1 heterocycles. The molecule has 4 nitrogen and oxygen atoms in total. The minimum absolute atomic E-state index is 0.0471. The fraction of sp³-hybridized carbons (Fsp3) is 0.0667. The number of anilines is 2. The summed E-state index contributed by atoms with van der Waals surface area (Å²) >= 11 is 5.82. The smallest absolute Gasteiger partial charge is 0.284 e. The molecule has 0 aromatic heterocycles. The molecule has 100 valence electrons. The Labute approximate surface area is 121 Å². The van der Waals surface area contributed by atoms with Crippen LogP contribution < -0.4 is 9.80 Å². The Morgan fingerprint density at radius 2 is 1.50 bits per heavy atom. The molecule has 0 aliphatic carbocycles. The van der Waals surface area contributed by atoms with E-state index in [0.717, 1.165) is 0 Å². The van der Waals surface area contributed by atoms with Gasteiger partial charge in [-0.25, -0.2) is 9.69 Å². The minimum atomic E-state index is -0.344. The van der Waals surface area contributed by atoms with Crippen molar-refractivity contribution in [3.63, 3.8) is 0 Å². The molecule has 0 radical (unpaired) electrons. The highest BCUT2D eigenvalue weighted by Crippen LogP contribution is 2.26. The highest BCUT2D eigenvalue weighted by molar-refractivity contribution is 6.31. The standard InChI is InChI=1S/C15H11ClN2O2/c16-11-6-8-13(9-7-11)18-14(19)10-17(15(18)20)12-4-2-1-3-5-12/h1-9H,10H2. The van der Waals surface area contributed by atoms with Gasteiger partial charge in [0.2, 0.25) is 0 Å². The summed E-state index contributed by atoms with van der Waals surface area (Å²) in [5.74, 6) is -0.249. The van der Waals surface area contributed by atoms with Gasteiger partial charge in [-0.2, -0.15) is 0 Å². The average molecular weight is 287 g/mol. The van der Waals surface area contributed by atoms with Gasteiger partial charge in [-0.15, -0.1) is 0 Å². The van der Waals surface area contributed by atoms with Crippen molar-refractivity contribution >= 4 is 34.9 Å². The van der Waals surface area contributed by atoms with Crippen LogP contribution >= 0.6 is 11.6 Å². The summed E-state index contributed by atoms with van der Waals surface area (Å²) in [6.07, 6.45) is 0. The Balaban J connectivity index is 1.93. The lowest BCUT2D eigenvalue weighted by Crippen LogP contribution is -2.32. The van der Waals surface area contributed by atoms with Crippen LogP contribution in [0.2, 0.25) is 5.02 Å². The van der Waals surface area contributed by atoms with Gasteiger partial charge in [0, 0.05) is 10.7 Å². The Morgan fingerprint density at radius 1 is 0.850 bits per heavy atom. The highest BCUT2D eigenvalue weighted by Gasteiger charge is 2.37. The molecule has 3 amide bonds. The van der Waals surface area contributed by atoms with E-state index in [9.17, 15) is 9.59 Å². The summed E-state index contributed by atoms with van der Waals surface area (Å²) in [6.45, 7) is 0.0471. The average Bonchev–Trinajstić information content (AvgIpc) is 2.76. The number of imide groups is 1. The van der Waals surface area contributed by atoms with E-state index < -0.39 is 0 Å². The lowest BCUT2D eigenvalue weighted by molar-refractivity contribution is -0.115. The molecule has 0 spiro atoms. The molecule has 0 atom stereocenters. The number of hydrogen-bond donors (Lipinski definition) is 0. The van der Waals surface area contributed by atoms with Crippen molar-refractivity contribution in [1.82, 2.24) is 0 Å². The number of benzene rings is 2. The third-order valence-electron chi connectivity index (χ3n) is 3.12. The summed E-state index contributed by atoms with van der Waals surface area (Å²) < 4.78 is 0. The van der Waals surface area contributed by atoms with Gasteiger partial charge in [-0.3, -0.25) is 9.69 Å². The summed E-state index contributed by atoms with van der Waals surface area (Å²) in [5, 5.41) is 0.563. The van der Waals surface area contributed by atoms with Crippen LogP contribution in [0.4, 0.5) is 16.2 Å². The predicted octanol–water partition coefficient (Wildman–Crippen LogP) is 3.31. The van der Waals surface area contributed by atoms with E-state index >= 15 is 0 Å². The molecular formula is C15H11ClN2O2. The molecule has 1 aliphatic heterocycles. The van der Waals surface area contributed by atoms with Crippen molar-refractivity contribution in [3.05, 3.63) is 59.6 Å². The van der Waals surface area contributed by atoms with Crippen molar-refractivity contribution in [2.24, 2.45) is 0 Å². The second kappa shape index (κ2) is 4.98. The molecule has 1 saturated heterocycles. The third kappa shape index (κ3) is 2.14. The Bertz CT molecular complexity index is 655. The number of amides is 3. The molecule has 0 N–H and O–H groups in total. The Morgan fingerprint density at radius 3 is 2.15 bits per heavy atom. The third-order valence-corrected chi connectivity index (χ3v) is 3.37. The van der Waals surface area contributed by atoms with Gasteiger partial charge in [-0.05, 0) is 36.4 Å². The zero-order valence-corrected chi connectivity index (χ0v) is 11.2. The Hall–Kier alpha value is -2.33. The van der Waals surface area contributed by atoms with Crippen molar-refractivity contribution in [1.29, 1.82) is 0 Å². The van der Waals surface area contributed by atoms with Gasteiger partial charge in [0.15, 0.2) is 0 Å². The first-order valence-corrected chi connectivity index (χ1v) is 6.50. The van der Waals surface area contributed by atoms with Crippen LogP contribution in [0.5, 0.6) is 0 Å². The zero-order chi connectivity index (χ0) is 14.1. The number of carbonyl (C=O) groups is 2. The van der Waals surface area contributed by atoms with Gasteiger partial charge in [0.25, 0.3) is 5.91 Å². The monoisotopic (exact) mass is 286 g/mol. The first kappa shape index (κ1) is 12.7. The fourth-order valence-corrected chi connectivity index (χ4v) is 2.28. The molecule has 5 heteroatoms. The predicted molar refractivity (Wildman–Crippen MR) is 78.1 cm³/mol. The van der Waals surface area contributed by atoms with Gasteiger partial charge < -0.3 is 0 Å². The first-order chi connectivity index (χ1) is 9.66. The molecule has 2 aromatic carbocycles. The van der Waals surface area contributed by atoms with Crippen LogP contribution in [-0.4, -0.2) is 18.5 Å². The van der Waals surface area contributed by atoms with Crippen LogP contribution in [0.25, 0.3) is 0 Å². The van der Waals surface area contributed by atoms with Crippen LogP contribution in [-0.2, 0) is 4.79 Å². The molecule has 3 rings (SSSR count). The summed E-state index contributed by atoms with van der Waals surface area (Å²) in [4.78, 5) is 27.1. The van der Waals surface area contributed by atoms with Crippen molar-refractivity contribution in [3.8, 4) is 0 Å². The van der Waals surface area contributed by atoms with Crippen molar-refractivity contribution in [2.45, 2.75) is 0 Å². The second-order valence-corrected chi connectivity index (χ2v) is 4.85. The quantitative estimate of drug-likeness (QED) is 0.795. The van der Waals surface area contributed by atoms with E-state index in [1.165, 1.54) is 9.80 Å². The van der Waals surface area contributed by atoms with Crippen LogP contribution in [0.3, 0.4) is 0 Å². The first-order valence-electron chi connectivity index (χ1n) is 6.12. The van der Waals surface area contributed by atoms with Crippen LogP contribution in [0.1, 0.15) is 0 Å². The summed E-state index contributed by atoms with van der Waals surface area (Å²) in [5.41, 5.74) is 1.24. The van der Waals surface area contributed by atoms with Gasteiger partial charge in [-0.1, -0.05) is 29.8 Å². The van der Waals surface area contributed by atoms with Crippen LogP contribution in [0, 0.1) is 0 Å². The normalized spacial score (nSPS) is 15.1. The van der Waals surface area contributed by atoms with Gasteiger partial charge in [0.1, 0.15) is 6.54 Å². The number of hydrogen-bond acceptors (Lipinski definition) is 2. The molecule has 0 bridgehead atoms. The van der Waals surface area contributed by atoms with E-state index in [4.69, 9.17) is 11.6 Å². The van der Waals surface area contributed by atoms with E-state index in [2.05, 4.69) is 0 Å². The number of nitrogens with zero attached hydrogens (tertiary/aromatic N) is 2. The van der Waals surface area contributed by atoms with Crippen molar-refractivity contribution < 1.29 is 9.59 Å². The molecule has 1 fully saturated rings. The van der Waals surface area contributed by atoms with E-state index in [1.807, 2.05) is 18.2 Å². The number of halogens is 1. The number of rotatable bonds is 2. The second-order valence-electron chi connectivity index (χ2n) is 4.41. The van der Waals surface area contributed by atoms with Crippen LogP contribution in [0.15, 0.2) is 54.6 Å². The summed E-state index contributed by atoms with van der Waals surface area (Å²) in [6, 6.07) is 15.4. The number of para-hydroxylation sites is 1. The lowest BCUT2D eigenvalue weighted by atomic mass is 10.3. The molecular weight excluding hydrogens is 276 g/mol.